The molecule has 0 saturated heterocycles. The highest BCUT2D eigenvalue weighted by Crippen LogP contribution is 2.43. The molecule has 0 atom stereocenters. The molecule has 0 aliphatic carbocycles. The molecule has 0 amide bonds. The third-order valence-electron chi connectivity index (χ3n) is 11.5. The molecule has 9 aromatic carbocycles. The van der Waals surface area contributed by atoms with Gasteiger partial charge in [-0.25, -0.2) is 4.99 Å². The first kappa shape index (κ1) is 33.6. The second kappa shape index (κ2) is 13.8. The van der Waals surface area contributed by atoms with Crippen LogP contribution in [-0.2, 0) is 6.42 Å². The van der Waals surface area contributed by atoms with Crippen LogP contribution < -0.4 is 5.73 Å². The number of nitrogens with two attached hydrogens (primary N) is 1. The Labute approximate surface area is 336 Å². The zero-order chi connectivity index (χ0) is 38.6. The van der Waals surface area contributed by atoms with Crippen molar-refractivity contribution in [1.82, 2.24) is 9.13 Å². The zero-order valence-electron chi connectivity index (χ0n) is 31.8. The van der Waals surface area contributed by atoms with Crippen LogP contribution in [0.5, 0.6) is 0 Å². The second-order valence-corrected chi connectivity index (χ2v) is 14.9. The van der Waals surface area contributed by atoms with E-state index in [-0.39, 0.29) is 0 Å². The summed E-state index contributed by atoms with van der Waals surface area (Å²) >= 11 is 0. The fourth-order valence-electron chi connectivity index (χ4n) is 8.95. The Bertz CT molecular complexity index is 3410. The van der Waals surface area contributed by atoms with E-state index in [2.05, 4.69) is 191 Å². The lowest BCUT2D eigenvalue weighted by molar-refractivity contribution is 1.18. The standard InChI is InChI=1S/C54H38N4/c55-54(56-46(37-17-6-2-7-18-37)32-27-36-15-4-1-5-16-36)39-19-14-22-41(35-39)58-47-25-12-10-23-44(47)52-43-30-28-38-29-33-50-53(51(38)42(43)31-34-49(52)58)45-24-11-13-26-48(45)57(50)40-20-8-3-9-21-40/h1-26,28-35H,27H2,(H2,55,56)/b46-32-. The first-order chi connectivity index (χ1) is 28.7. The van der Waals surface area contributed by atoms with Gasteiger partial charge in [-0.3, -0.25) is 0 Å². The minimum atomic E-state index is 0.474. The summed E-state index contributed by atoms with van der Waals surface area (Å²) in [5.41, 5.74) is 17.8. The summed E-state index contributed by atoms with van der Waals surface area (Å²) < 4.78 is 4.77. The van der Waals surface area contributed by atoms with Crippen molar-refractivity contribution >= 4 is 76.7 Å². The number of amidine groups is 1. The highest BCUT2D eigenvalue weighted by Gasteiger charge is 2.20. The lowest BCUT2D eigenvalue weighted by Crippen LogP contribution is -2.14. The van der Waals surface area contributed by atoms with E-state index < -0.39 is 0 Å². The van der Waals surface area contributed by atoms with Crippen molar-refractivity contribution in [3.05, 3.63) is 223 Å². The van der Waals surface area contributed by atoms with Crippen molar-refractivity contribution in [3.63, 3.8) is 0 Å². The van der Waals surface area contributed by atoms with E-state index in [1.54, 1.807) is 0 Å². The molecule has 0 bridgehead atoms. The number of hydrogen-bond donors (Lipinski definition) is 1. The topological polar surface area (TPSA) is 48.2 Å². The maximum atomic E-state index is 6.90. The minimum Gasteiger partial charge on any atom is -0.383 e. The Morgan fingerprint density at radius 3 is 1.72 bits per heavy atom. The Kier molecular flexibility index (Phi) is 8.00. The number of fused-ring (bicyclic) bond motifs is 11. The highest BCUT2D eigenvalue weighted by molar-refractivity contribution is 6.32. The summed E-state index contributed by atoms with van der Waals surface area (Å²) in [6, 6.07) is 71.2. The Balaban J connectivity index is 1.10. The van der Waals surface area contributed by atoms with Crippen LogP contribution in [0.1, 0.15) is 16.7 Å². The van der Waals surface area contributed by atoms with E-state index in [1.165, 1.54) is 59.7 Å². The molecule has 4 nitrogen and oxygen atoms in total. The molecule has 0 radical (unpaired) electrons. The van der Waals surface area contributed by atoms with Gasteiger partial charge in [0.05, 0.1) is 27.8 Å². The maximum absolute atomic E-state index is 6.90. The highest BCUT2D eigenvalue weighted by atomic mass is 15.0. The molecule has 0 unspecified atom stereocenters. The molecule has 11 aromatic rings. The summed E-state index contributed by atoms with van der Waals surface area (Å²) in [6.07, 6.45) is 2.92. The Morgan fingerprint density at radius 1 is 0.431 bits per heavy atom. The van der Waals surface area contributed by atoms with Gasteiger partial charge < -0.3 is 14.9 Å². The number of benzene rings is 9. The van der Waals surface area contributed by atoms with Gasteiger partial charge in [-0.1, -0.05) is 158 Å². The summed E-state index contributed by atoms with van der Waals surface area (Å²) in [5, 5.41) is 9.97. The van der Waals surface area contributed by atoms with E-state index in [0.29, 0.717) is 5.84 Å². The number of allylic oxidation sites excluding steroid dienone is 1. The van der Waals surface area contributed by atoms with E-state index in [9.17, 15) is 0 Å². The van der Waals surface area contributed by atoms with Gasteiger partial charge in [0.25, 0.3) is 0 Å². The first-order valence-electron chi connectivity index (χ1n) is 19.8. The molecular weight excluding hydrogens is 705 g/mol. The number of nitrogens with zero attached hydrogens (tertiary/aromatic N) is 3. The number of rotatable bonds is 7. The van der Waals surface area contributed by atoms with Crippen LogP contribution in [0, 0.1) is 0 Å². The smallest absolute Gasteiger partial charge is 0.131 e. The van der Waals surface area contributed by atoms with Crippen molar-refractivity contribution in [3.8, 4) is 11.4 Å². The van der Waals surface area contributed by atoms with Gasteiger partial charge >= 0.3 is 0 Å². The molecule has 4 heteroatoms. The van der Waals surface area contributed by atoms with Crippen molar-refractivity contribution in [2.75, 3.05) is 0 Å². The summed E-state index contributed by atoms with van der Waals surface area (Å²) in [6.45, 7) is 0. The molecule has 11 rings (SSSR count). The molecule has 2 N–H and O–H groups in total. The van der Waals surface area contributed by atoms with Crippen LogP contribution in [0.3, 0.4) is 0 Å². The van der Waals surface area contributed by atoms with E-state index in [1.807, 2.05) is 24.3 Å². The van der Waals surface area contributed by atoms with Gasteiger partial charge in [-0.05, 0) is 87.6 Å². The quantitative estimate of drug-likeness (QED) is 0.0986. The van der Waals surface area contributed by atoms with Gasteiger partial charge in [0.15, 0.2) is 0 Å². The van der Waals surface area contributed by atoms with Crippen molar-refractivity contribution in [1.29, 1.82) is 0 Å². The second-order valence-electron chi connectivity index (χ2n) is 14.9. The van der Waals surface area contributed by atoms with E-state index >= 15 is 0 Å². The summed E-state index contributed by atoms with van der Waals surface area (Å²) in [7, 11) is 0. The number of hydrogen-bond acceptors (Lipinski definition) is 1. The molecule has 0 fully saturated rings. The van der Waals surface area contributed by atoms with Crippen LogP contribution >= 0.6 is 0 Å². The minimum absolute atomic E-state index is 0.474. The molecule has 2 aromatic heterocycles. The largest absolute Gasteiger partial charge is 0.383 e. The average molecular weight is 743 g/mol. The van der Waals surface area contributed by atoms with Gasteiger partial charge in [-0.15, -0.1) is 0 Å². The first-order valence-corrected chi connectivity index (χ1v) is 19.8. The third kappa shape index (κ3) is 5.49. The molecule has 0 spiro atoms. The van der Waals surface area contributed by atoms with Crippen molar-refractivity contribution in [2.24, 2.45) is 10.7 Å². The number of aliphatic imine (C=N–C) groups is 1. The van der Waals surface area contributed by atoms with Gasteiger partial charge in [0.2, 0.25) is 0 Å². The lowest BCUT2D eigenvalue weighted by atomic mass is 9.95. The fourth-order valence-corrected chi connectivity index (χ4v) is 8.95. The molecule has 0 saturated carbocycles. The van der Waals surface area contributed by atoms with Gasteiger partial charge in [0, 0.05) is 38.5 Å². The molecule has 58 heavy (non-hydrogen) atoms. The molecule has 2 heterocycles. The van der Waals surface area contributed by atoms with Crippen LogP contribution in [0.15, 0.2) is 211 Å². The average Bonchev–Trinajstić information content (AvgIpc) is 3.82. The monoisotopic (exact) mass is 742 g/mol. The maximum Gasteiger partial charge on any atom is 0.131 e. The van der Waals surface area contributed by atoms with Crippen molar-refractivity contribution < 1.29 is 0 Å². The van der Waals surface area contributed by atoms with Gasteiger partial charge in [0.1, 0.15) is 5.84 Å². The normalized spacial score (nSPS) is 12.5. The van der Waals surface area contributed by atoms with Crippen molar-refractivity contribution in [2.45, 2.75) is 6.42 Å². The SMILES string of the molecule is NC(=N/C(=C\Cc1ccccc1)c1ccccc1)c1cccc(-n2c3ccccc3c3c4ccc5ccc6c(c7ccccc7n6-c6ccccc6)c5c4ccc32)c1. The number of aromatic nitrogens is 2. The molecular formula is C54H38N4. The van der Waals surface area contributed by atoms with E-state index in [4.69, 9.17) is 10.7 Å². The van der Waals surface area contributed by atoms with Crippen LogP contribution in [0.2, 0.25) is 0 Å². The zero-order valence-corrected chi connectivity index (χ0v) is 31.8. The Hall–Kier alpha value is -7.69. The predicted octanol–water partition coefficient (Wildman–Crippen LogP) is 13.2. The van der Waals surface area contributed by atoms with Crippen LogP contribution in [0.4, 0.5) is 0 Å². The van der Waals surface area contributed by atoms with Gasteiger partial charge in [-0.2, -0.15) is 0 Å². The summed E-state index contributed by atoms with van der Waals surface area (Å²) in [5.74, 6) is 0.474. The number of para-hydroxylation sites is 3. The molecule has 0 aliphatic rings. The fraction of sp³-hybridized carbons (Fsp3) is 0.0185. The molecule has 0 aliphatic heterocycles. The van der Waals surface area contributed by atoms with Crippen LogP contribution in [-0.4, -0.2) is 15.0 Å². The lowest BCUT2D eigenvalue weighted by Gasteiger charge is -2.12. The summed E-state index contributed by atoms with van der Waals surface area (Å²) in [4.78, 5) is 5.06. The Morgan fingerprint density at radius 2 is 0.966 bits per heavy atom. The predicted molar refractivity (Wildman–Crippen MR) is 245 cm³/mol. The van der Waals surface area contributed by atoms with Crippen LogP contribution in [0.25, 0.3) is 82.2 Å². The molecule has 274 valence electrons. The van der Waals surface area contributed by atoms with E-state index in [0.717, 1.165) is 45.7 Å². The third-order valence-corrected chi connectivity index (χ3v) is 11.5.